The molecule has 0 aliphatic carbocycles. The van der Waals surface area contributed by atoms with Crippen LogP contribution >= 0.6 is 15.9 Å². The summed E-state index contributed by atoms with van der Waals surface area (Å²) in [5.41, 5.74) is 0. The zero-order chi connectivity index (χ0) is 10.4. The molecule has 5 heteroatoms. The fraction of sp³-hybridized carbons (Fsp3) is 0.556. The van der Waals surface area contributed by atoms with Crippen LogP contribution in [-0.2, 0) is 11.3 Å². The molecule has 1 rings (SSSR count). The Morgan fingerprint density at radius 3 is 3.14 bits per heavy atom. The van der Waals surface area contributed by atoms with Crippen LogP contribution in [-0.4, -0.2) is 27.5 Å². The van der Waals surface area contributed by atoms with Crippen LogP contribution in [0.5, 0.6) is 0 Å². The smallest absolute Gasteiger partial charge is 0.374 e. The van der Waals surface area contributed by atoms with E-state index in [1.54, 1.807) is 23.9 Å². The number of esters is 1. The van der Waals surface area contributed by atoms with Gasteiger partial charge in [-0.25, -0.2) is 9.78 Å². The number of alkyl halides is 1. The summed E-state index contributed by atoms with van der Waals surface area (Å²) in [6.45, 7) is 2.94. The minimum atomic E-state index is -0.355. The van der Waals surface area contributed by atoms with Gasteiger partial charge in [-0.1, -0.05) is 15.9 Å². The van der Waals surface area contributed by atoms with Crippen LogP contribution in [0.3, 0.4) is 0 Å². The summed E-state index contributed by atoms with van der Waals surface area (Å²) in [6, 6.07) is 0. The van der Waals surface area contributed by atoms with Gasteiger partial charge in [-0.05, 0) is 13.3 Å². The molecule has 1 heterocycles. The lowest BCUT2D eigenvalue weighted by Gasteiger charge is -2.05. The summed E-state index contributed by atoms with van der Waals surface area (Å²) in [6.07, 6.45) is 4.36. The van der Waals surface area contributed by atoms with Crippen molar-refractivity contribution in [3.05, 3.63) is 18.2 Å². The number of imidazole rings is 1. The third kappa shape index (κ3) is 2.83. The number of rotatable bonds is 5. The molecule has 4 nitrogen and oxygen atoms in total. The molecule has 0 bridgehead atoms. The van der Waals surface area contributed by atoms with Crippen molar-refractivity contribution in [3.63, 3.8) is 0 Å². The molecule has 0 N–H and O–H groups in total. The average molecular weight is 261 g/mol. The van der Waals surface area contributed by atoms with Crippen molar-refractivity contribution in [1.82, 2.24) is 9.55 Å². The molecule has 0 radical (unpaired) electrons. The number of hydrogen-bond acceptors (Lipinski definition) is 3. The van der Waals surface area contributed by atoms with Crippen LogP contribution in [0.4, 0.5) is 0 Å². The number of hydrogen-bond donors (Lipinski definition) is 0. The molecular weight excluding hydrogens is 248 g/mol. The van der Waals surface area contributed by atoms with Gasteiger partial charge in [0.25, 0.3) is 0 Å². The third-order valence-electron chi connectivity index (χ3n) is 1.71. The van der Waals surface area contributed by atoms with Gasteiger partial charge in [-0.2, -0.15) is 0 Å². The second kappa shape index (κ2) is 5.80. The van der Waals surface area contributed by atoms with Gasteiger partial charge in [-0.15, -0.1) is 0 Å². The maximum Gasteiger partial charge on any atom is 0.374 e. The molecule has 0 aliphatic heterocycles. The number of carbonyl (C=O) groups excluding carboxylic acids is 1. The second-order valence-electron chi connectivity index (χ2n) is 2.71. The third-order valence-corrected chi connectivity index (χ3v) is 2.27. The summed E-state index contributed by atoms with van der Waals surface area (Å²) < 4.78 is 6.68. The fourth-order valence-electron chi connectivity index (χ4n) is 1.11. The topological polar surface area (TPSA) is 44.1 Å². The van der Waals surface area contributed by atoms with Crippen molar-refractivity contribution in [1.29, 1.82) is 0 Å². The van der Waals surface area contributed by atoms with E-state index < -0.39 is 0 Å². The normalized spacial score (nSPS) is 10.1. The minimum absolute atomic E-state index is 0.355. The van der Waals surface area contributed by atoms with Gasteiger partial charge in [-0.3, -0.25) is 0 Å². The molecule has 78 valence electrons. The number of nitrogens with zero attached hydrogens (tertiary/aromatic N) is 2. The monoisotopic (exact) mass is 260 g/mol. The molecule has 14 heavy (non-hydrogen) atoms. The maximum absolute atomic E-state index is 11.4. The molecule has 0 atom stereocenters. The predicted octanol–water partition coefficient (Wildman–Crippen LogP) is 1.84. The Labute approximate surface area is 91.4 Å². The second-order valence-corrected chi connectivity index (χ2v) is 3.50. The Morgan fingerprint density at radius 1 is 1.71 bits per heavy atom. The Bertz CT molecular complexity index is 299. The van der Waals surface area contributed by atoms with E-state index in [-0.39, 0.29) is 5.97 Å². The highest BCUT2D eigenvalue weighted by molar-refractivity contribution is 9.09. The van der Waals surface area contributed by atoms with Gasteiger partial charge >= 0.3 is 5.97 Å². The first-order valence-electron chi connectivity index (χ1n) is 4.53. The van der Waals surface area contributed by atoms with E-state index >= 15 is 0 Å². The maximum atomic E-state index is 11.4. The van der Waals surface area contributed by atoms with Crippen molar-refractivity contribution >= 4 is 21.9 Å². The molecule has 0 aliphatic rings. The predicted molar refractivity (Wildman–Crippen MR) is 56.6 cm³/mol. The SMILES string of the molecule is CCOC(=O)c1nccn1CCCBr. The van der Waals surface area contributed by atoms with E-state index in [9.17, 15) is 4.79 Å². The molecule has 0 unspecified atom stereocenters. The molecular formula is C9H13BrN2O2. The first kappa shape index (κ1) is 11.2. The summed E-state index contributed by atoms with van der Waals surface area (Å²) in [7, 11) is 0. The molecule has 0 amide bonds. The van der Waals surface area contributed by atoms with Gasteiger partial charge < -0.3 is 9.30 Å². The van der Waals surface area contributed by atoms with Crippen molar-refractivity contribution in [2.45, 2.75) is 19.9 Å². The number of ether oxygens (including phenoxy) is 1. The van der Waals surface area contributed by atoms with Crippen molar-refractivity contribution < 1.29 is 9.53 Å². The van der Waals surface area contributed by atoms with Crippen molar-refractivity contribution in [2.75, 3.05) is 11.9 Å². The molecule has 0 spiro atoms. The van der Waals surface area contributed by atoms with E-state index in [1.165, 1.54) is 0 Å². The van der Waals surface area contributed by atoms with E-state index in [2.05, 4.69) is 20.9 Å². The highest BCUT2D eigenvalue weighted by atomic mass is 79.9. The van der Waals surface area contributed by atoms with Crippen molar-refractivity contribution in [3.8, 4) is 0 Å². The summed E-state index contributed by atoms with van der Waals surface area (Å²) >= 11 is 3.34. The lowest BCUT2D eigenvalue weighted by Crippen LogP contribution is -2.13. The number of halogens is 1. The standard InChI is InChI=1S/C9H13BrN2O2/c1-2-14-9(13)8-11-5-7-12(8)6-3-4-10/h5,7H,2-4,6H2,1H3. The van der Waals surface area contributed by atoms with Crippen LogP contribution in [0.25, 0.3) is 0 Å². The summed E-state index contributed by atoms with van der Waals surface area (Å²) in [5.74, 6) is 0.0277. The van der Waals surface area contributed by atoms with Gasteiger partial charge in [0.15, 0.2) is 0 Å². The Balaban J connectivity index is 2.66. The van der Waals surface area contributed by atoms with Gasteiger partial charge in [0.05, 0.1) is 6.61 Å². The van der Waals surface area contributed by atoms with E-state index in [0.29, 0.717) is 12.4 Å². The number of carbonyl (C=O) groups is 1. The van der Waals surface area contributed by atoms with E-state index in [4.69, 9.17) is 4.74 Å². The highest BCUT2D eigenvalue weighted by Crippen LogP contribution is 2.02. The van der Waals surface area contributed by atoms with Crippen LogP contribution in [0, 0.1) is 0 Å². The van der Waals surface area contributed by atoms with Crippen LogP contribution in [0.15, 0.2) is 12.4 Å². The number of aryl methyl sites for hydroxylation is 1. The fourth-order valence-corrected chi connectivity index (χ4v) is 1.36. The largest absolute Gasteiger partial charge is 0.460 e. The Kier molecular flexibility index (Phi) is 4.65. The minimum Gasteiger partial charge on any atom is -0.460 e. The lowest BCUT2D eigenvalue weighted by atomic mass is 10.4. The molecule has 1 aromatic heterocycles. The van der Waals surface area contributed by atoms with E-state index in [1.807, 2.05) is 0 Å². The van der Waals surface area contributed by atoms with Crippen LogP contribution in [0.2, 0.25) is 0 Å². The molecule has 0 fully saturated rings. The Morgan fingerprint density at radius 2 is 2.50 bits per heavy atom. The highest BCUT2D eigenvalue weighted by Gasteiger charge is 2.12. The molecule has 1 aromatic rings. The average Bonchev–Trinajstić information content (AvgIpc) is 2.63. The molecule has 0 aromatic carbocycles. The quantitative estimate of drug-likeness (QED) is 0.600. The van der Waals surface area contributed by atoms with Gasteiger partial charge in [0, 0.05) is 24.3 Å². The number of aromatic nitrogens is 2. The zero-order valence-corrected chi connectivity index (χ0v) is 9.66. The van der Waals surface area contributed by atoms with Crippen molar-refractivity contribution in [2.24, 2.45) is 0 Å². The summed E-state index contributed by atoms with van der Waals surface area (Å²) in [4.78, 5) is 15.3. The first-order valence-corrected chi connectivity index (χ1v) is 5.66. The van der Waals surface area contributed by atoms with Gasteiger partial charge in [0.1, 0.15) is 0 Å². The van der Waals surface area contributed by atoms with Crippen LogP contribution < -0.4 is 0 Å². The van der Waals surface area contributed by atoms with Gasteiger partial charge in [0.2, 0.25) is 5.82 Å². The molecule has 0 saturated heterocycles. The Hall–Kier alpha value is -0.840. The van der Waals surface area contributed by atoms with Crippen LogP contribution in [0.1, 0.15) is 24.0 Å². The first-order chi connectivity index (χ1) is 6.79. The van der Waals surface area contributed by atoms with E-state index in [0.717, 1.165) is 18.3 Å². The zero-order valence-electron chi connectivity index (χ0n) is 8.07. The lowest BCUT2D eigenvalue weighted by molar-refractivity contribution is 0.0506. The molecule has 0 saturated carbocycles. The summed E-state index contributed by atoms with van der Waals surface area (Å²) in [5, 5.41) is 0.910.